The van der Waals surface area contributed by atoms with Crippen molar-refractivity contribution in [1.82, 2.24) is 0 Å². The van der Waals surface area contributed by atoms with Crippen LogP contribution in [0.1, 0.15) is 0 Å². The second-order valence-electron chi connectivity index (χ2n) is 9.84. The Morgan fingerprint density at radius 2 is 0.895 bits per heavy atom. The standard InChI is InChI=1S/C36H23NS/c1-3-9-26-21-29(16-13-24(26)7-1)37(30-17-14-25-8-2-4-10-27(25)22-30)31-18-19-32-28(23-31)15-20-35-36(32)33-11-5-6-12-34(33)38-35/h1-23H. The van der Waals surface area contributed by atoms with E-state index in [4.69, 9.17) is 0 Å². The zero-order valence-electron chi connectivity index (χ0n) is 20.6. The van der Waals surface area contributed by atoms with Gasteiger partial charge in [-0.3, -0.25) is 0 Å². The van der Waals surface area contributed by atoms with Crippen molar-refractivity contribution in [3.05, 3.63) is 140 Å². The minimum absolute atomic E-state index is 1.15. The number of hydrogen-bond acceptors (Lipinski definition) is 2. The highest BCUT2D eigenvalue weighted by Crippen LogP contribution is 2.42. The molecule has 0 bridgehead atoms. The highest BCUT2D eigenvalue weighted by molar-refractivity contribution is 7.26. The lowest BCUT2D eigenvalue weighted by Gasteiger charge is -2.26. The molecule has 1 nitrogen and oxygen atoms in total. The molecule has 0 amide bonds. The predicted octanol–water partition coefficient (Wildman–Crippen LogP) is 11.0. The minimum Gasteiger partial charge on any atom is -0.310 e. The van der Waals surface area contributed by atoms with Crippen LogP contribution in [-0.4, -0.2) is 0 Å². The average Bonchev–Trinajstić information content (AvgIpc) is 3.36. The van der Waals surface area contributed by atoms with Crippen LogP contribution >= 0.6 is 11.3 Å². The molecule has 8 rings (SSSR count). The molecule has 0 unspecified atom stereocenters. The van der Waals surface area contributed by atoms with Crippen molar-refractivity contribution in [2.24, 2.45) is 0 Å². The highest BCUT2D eigenvalue weighted by atomic mass is 32.1. The third kappa shape index (κ3) is 3.38. The lowest BCUT2D eigenvalue weighted by atomic mass is 10.0. The number of fused-ring (bicyclic) bond motifs is 7. The van der Waals surface area contributed by atoms with E-state index in [1.807, 2.05) is 11.3 Å². The SMILES string of the molecule is c1ccc2cc(N(c3ccc4ccccc4c3)c3ccc4c(ccc5sc6ccccc6c54)c3)ccc2c1. The lowest BCUT2D eigenvalue weighted by Crippen LogP contribution is -2.10. The minimum atomic E-state index is 1.15. The maximum atomic E-state index is 2.38. The van der Waals surface area contributed by atoms with Gasteiger partial charge in [-0.1, -0.05) is 91.0 Å². The molecule has 1 heterocycles. The van der Waals surface area contributed by atoms with E-state index in [-0.39, 0.29) is 0 Å². The molecule has 0 radical (unpaired) electrons. The van der Waals surface area contributed by atoms with Crippen molar-refractivity contribution in [3.8, 4) is 0 Å². The van der Waals surface area contributed by atoms with E-state index in [1.54, 1.807) is 0 Å². The van der Waals surface area contributed by atoms with E-state index < -0.39 is 0 Å². The fourth-order valence-electron chi connectivity index (χ4n) is 5.76. The van der Waals surface area contributed by atoms with Gasteiger partial charge in [0.05, 0.1) is 0 Å². The zero-order chi connectivity index (χ0) is 25.1. The molecule has 0 aliphatic rings. The predicted molar refractivity (Wildman–Crippen MR) is 167 cm³/mol. The Kier molecular flexibility index (Phi) is 4.76. The first-order valence-corrected chi connectivity index (χ1v) is 13.8. The van der Waals surface area contributed by atoms with Crippen LogP contribution in [0.3, 0.4) is 0 Å². The summed E-state index contributed by atoms with van der Waals surface area (Å²) in [5, 5.41) is 10.2. The number of nitrogens with zero attached hydrogens (tertiary/aromatic N) is 1. The maximum absolute atomic E-state index is 2.38. The first kappa shape index (κ1) is 21.4. The normalized spacial score (nSPS) is 11.7. The van der Waals surface area contributed by atoms with Gasteiger partial charge in [0.2, 0.25) is 0 Å². The lowest BCUT2D eigenvalue weighted by molar-refractivity contribution is 1.30. The van der Waals surface area contributed by atoms with E-state index in [0.29, 0.717) is 0 Å². The summed E-state index contributed by atoms with van der Waals surface area (Å²) in [4.78, 5) is 2.38. The Morgan fingerprint density at radius 1 is 0.368 bits per heavy atom. The number of hydrogen-bond donors (Lipinski definition) is 0. The molecule has 0 saturated carbocycles. The molecule has 8 aromatic rings. The van der Waals surface area contributed by atoms with Crippen molar-refractivity contribution in [2.75, 3.05) is 4.90 Å². The first-order valence-electron chi connectivity index (χ1n) is 12.9. The third-order valence-corrected chi connectivity index (χ3v) is 8.72. The fraction of sp³-hybridized carbons (Fsp3) is 0. The summed E-state index contributed by atoms with van der Waals surface area (Å²) in [7, 11) is 0. The number of anilines is 3. The van der Waals surface area contributed by atoms with Gasteiger partial charge in [-0.2, -0.15) is 0 Å². The van der Waals surface area contributed by atoms with Crippen molar-refractivity contribution < 1.29 is 0 Å². The fourth-order valence-corrected chi connectivity index (χ4v) is 6.88. The molecule has 0 aliphatic carbocycles. The Labute approximate surface area is 224 Å². The Morgan fingerprint density at radius 3 is 1.58 bits per heavy atom. The molecular weight excluding hydrogens is 478 g/mol. The number of rotatable bonds is 3. The highest BCUT2D eigenvalue weighted by Gasteiger charge is 2.16. The summed E-state index contributed by atoms with van der Waals surface area (Å²) in [6, 6.07) is 50.9. The zero-order valence-corrected chi connectivity index (χ0v) is 21.5. The van der Waals surface area contributed by atoms with Gasteiger partial charge in [-0.25, -0.2) is 0 Å². The molecule has 0 fully saturated rings. The van der Waals surface area contributed by atoms with Crippen molar-refractivity contribution in [3.63, 3.8) is 0 Å². The van der Waals surface area contributed by atoms with E-state index in [1.165, 1.54) is 52.5 Å². The molecule has 0 saturated heterocycles. The van der Waals surface area contributed by atoms with Gasteiger partial charge in [0.1, 0.15) is 0 Å². The van der Waals surface area contributed by atoms with Gasteiger partial charge in [0.25, 0.3) is 0 Å². The van der Waals surface area contributed by atoms with E-state index in [0.717, 1.165) is 17.1 Å². The van der Waals surface area contributed by atoms with Crippen LogP contribution in [-0.2, 0) is 0 Å². The van der Waals surface area contributed by atoms with Crippen molar-refractivity contribution >= 4 is 80.9 Å². The quantitative estimate of drug-likeness (QED) is 0.233. The maximum Gasteiger partial charge on any atom is 0.0468 e. The summed E-state index contributed by atoms with van der Waals surface area (Å²) >= 11 is 1.87. The molecule has 38 heavy (non-hydrogen) atoms. The second-order valence-corrected chi connectivity index (χ2v) is 10.9. The molecule has 178 valence electrons. The molecule has 0 N–H and O–H groups in total. The van der Waals surface area contributed by atoms with Crippen LogP contribution in [0.15, 0.2) is 140 Å². The summed E-state index contributed by atoms with van der Waals surface area (Å²) in [6.45, 7) is 0. The first-order chi connectivity index (χ1) is 18.8. The smallest absolute Gasteiger partial charge is 0.0468 e. The van der Waals surface area contributed by atoms with Gasteiger partial charge in [0.15, 0.2) is 0 Å². The topological polar surface area (TPSA) is 3.24 Å². The Balaban J connectivity index is 1.37. The molecule has 0 aliphatic heterocycles. The Hall–Kier alpha value is -4.66. The number of benzene rings is 7. The van der Waals surface area contributed by atoms with Crippen molar-refractivity contribution in [1.29, 1.82) is 0 Å². The van der Waals surface area contributed by atoms with Gasteiger partial charge >= 0.3 is 0 Å². The monoisotopic (exact) mass is 501 g/mol. The molecule has 0 spiro atoms. The largest absolute Gasteiger partial charge is 0.310 e. The molecule has 0 atom stereocenters. The molecule has 7 aromatic carbocycles. The van der Waals surface area contributed by atoms with Crippen LogP contribution in [0.5, 0.6) is 0 Å². The van der Waals surface area contributed by atoms with Gasteiger partial charge < -0.3 is 4.90 Å². The van der Waals surface area contributed by atoms with Crippen LogP contribution in [0, 0.1) is 0 Å². The van der Waals surface area contributed by atoms with E-state index in [9.17, 15) is 0 Å². The summed E-state index contributed by atoms with van der Waals surface area (Å²) in [5.41, 5.74) is 3.46. The third-order valence-electron chi connectivity index (χ3n) is 7.58. The van der Waals surface area contributed by atoms with Gasteiger partial charge in [0, 0.05) is 37.2 Å². The van der Waals surface area contributed by atoms with Crippen molar-refractivity contribution in [2.45, 2.75) is 0 Å². The van der Waals surface area contributed by atoms with Gasteiger partial charge in [-0.05, 0) is 80.8 Å². The average molecular weight is 502 g/mol. The van der Waals surface area contributed by atoms with Crippen LogP contribution in [0.25, 0.3) is 52.5 Å². The molecular formula is C36H23NS. The number of thiophene rings is 1. The van der Waals surface area contributed by atoms with Crippen LogP contribution < -0.4 is 4.90 Å². The van der Waals surface area contributed by atoms with E-state index in [2.05, 4.69) is 144 Å². The second kappa shape index (κ2) is 8.44. The molecule has 1 aromatic heterocycles. The summed E-state index contributed by atoms with van der Waals surface area (Å²) in [6.07, 6.45) is 0. The molecule has 2 heteroatoms. The van der Waals surface area contributed by atoms with Crippen LogP contribution in [0.4, 0.5) is 17.1 Å². The Bertz CT molecular complexity index is 2070. The van der Waals surface area contributed by atoms with Crippen LogP contribution in [0.2, 0.25) is 0 Å². The van der Waals surface area contributed by atoms with Gasteiger partial charge in [-0.15, -0.1) is 11.3 Å². The summed E-state index contributed by atoms with van der Waals surface area (Å²) in [5.74, 6) is 0. The summed E-state index contributed by atoms with van der Waals surface area (Å²) < 4.78 is 2.68. The van der Waals surface area contributed by atoms with E-state index >= 15 is 0 Å².